The SMILES string of the molecule is COc1ccccc1NC(=O)CCN1C(=S)N[C@H](c2ccccn2)[C@@H]1c1cc(C)n(-c2ccc(Cl)cc2)c1C. The van der Waals surface area contributed by atoms with Crippen LogP contribution in [-0.2, 0) is 4.79 Å². The maximum atomic E-state index is 13.0. The first kappa shape index (κ1) is 26.7. The summed E-state index contributed by atoms with van der Waals surface area (Å²) in [7, 11) is 1.59. The second-order valence-corrected chi connectivity index (χ2v) is 10.3. The number of nitrogens with one attached hydrogen (secondary N) is 2. The standard InChI is InChI=1S/C30H30ClN5O2S/c1-19-18-23(20(2)36(19)22-13-11-21(31)12-14-22)29-28(25-9-6-7-16-32-25)34-30(39)35(29)17-15-27(37)33-24-8-4-5-10-26(24)38-3/h4-14,16,18,28-29H,15,17H2,1-3H3,(H,33,37)(H,34,39)/t28-,29+/m1/s1. The molecule has 0 radical (unpaired) electrons. The Labute approximate surface area is 238 Å². The molecule has 5 rings (SSSR count). The Morgan fingerprint density at radius 2 is 1.85 bits per heavy atom. The lowest BCUT2D eigenvalue weighted by molar-refractivity contribution is -0.116. The number of hydrogen-bond acceptors (Lipinski definition) is 4. The van der Waals surface area contributed by atoms with Gasteiger partial charge in [-0.15, -0.1) is 0 Å². The molecule has 200 valence electrons. The Bertz CT molecular complexity index is 1490. The van der Waals surface area contributed by atoms with Crippen molar-refractivity contribution in [3.63, 3.8) is 0 Å². The van der Waals surface area contributed by atoms with Crippen LogP contribution >= 0.6 is 23.8 Å². The minimum Gasteiger partial charge on any atom is -0.495 e. The molecule has 0 saturated carbocycles. The predicted octanol–water partition coefficient (Wildman–Crippen LogP) is 6.15. The van der Waals surface area contributed by atoms with Crippen molar-refractivity contribution in [2.24, 2.45) is 0 Å². The molecule has 4 aromatic rings. The lowest BCUT2D eigenvalue weighted by atomic mass is 9.96. The number of hydrogen-bond donors (Lipinski definition) is 2. The largest absolute Gasteiger partial charge is 0.495 e. The van der Waals surface area contributed by atoms with E-state index in [9.17, 15) is 4.79 Å². The number of pyridine rings is 1. The molecular weight excluding hydrogens is 530 g/mol. The Hall–Kier alpha value is -3.88. The molecule has 1 aliphatic rings. The molecular formula is C30H30ClN5O2S. The molecule has 2 N–H and O–H groups in total. The summed E-state index contributed by atoms with van der Waals surface area (Å²) in [5.41, 5.74) is 5.87. The zero-order valence-corrected chi connectivity index (χ0v) is 23.6. The number of halogens is 1. The van der Waals surface area contributed by atoms with Crippen molar-refractivity contribution < 1.29 is 9.53 Å². The van der Waals surface area contributed by atoms with Gasteiger partial charge in [-0.05, 0) is 86.2 Å². The third-order valence-corrected chi connectivity index (χ3v) is 7.64. The first-order valence-electron chi connectivity index (χ1n) is 12.7. The van der Waals surface area contributed by atoms with E-state index in [4.69, 9.17) is 28.6 Å². The van der Waals surface area contributed by atoms with Crippen molar-refractivity contribution in [2.45, 2.75) is 32.4 Å². The highest BCUT2D eigenvalue weighted by atomic mass is 35.5. The van der Waals surface area contributed by atoms with Gasteiger partial charge in [0.1, 0.15) is 5.75 Å². The van der Waals surface area contributed by atoms with Crippen LogP contribution in [0.5, 0.6) is 5.75 Å². The number of anilines is 1. The highest BCUT2D eigenvalue weighted by Gasteiger charge is 2.41. The van der Waals surface area contributed by atoms with Crippen LogP contribution in [0.2, 0.25) is 5.02 Å². The van der Waals surface area contributed by atoms with Crippen molar-refractivity contribution in [3.8, 4) is 11.4 Å². The second-order valence-electron chi connectivity index (χ2n) is 9.46. The highest BCUT2D eigenvalue weighted by Crippen LogP contribution is 2.41. The molecule has 7 nitrogen and oxygen atoms in total. The number of amides is 1. The van der Waals surface area contributed by atoms with Crippen molar-refractivity contribution in [2.75, 3.05) is 19.0 Å². The number of aryl methyl sites for hydroxylation is 1. The van der Waals surface area contributed by atoms with Crippen LogP contribution in [0.15, 0.2) is 79.0 Å². The lowest BCUT2D eigenvalue weighted by Crippen LogP contribution is -2.33. The van der Waals surface area contributed by atoms with Crippen LogP contribution in [0, 0.1) is 13.8 Å². The normalized spacial score (nSPS) is 16.7. The van der Waals surface area contributed by atoms with Gasteiger partial charge in [0.05, 0.1) is 30.6 Å². The van der Waals surface area contributed by atoms with Crippen molar-refractivity contribution in [3.05, 3.63) is 107 Å². The molecule has 1 amide bonds. The van der Waals surface area contributed by atoms with Crippen LogP contribution in [0.3, 0.4) is 0 Å². The fraction of sp³-hybridized carbons (Fsp3) is 0.233. The smallest absolute Gasteiger partial charge is 0.226 e. The van der Waals surface area contributed by atoms with Crippen LogP contribution in [0.4, 0.5) is 5.69 Å². The van der Waals surface area contributed by atoms with E-state index in [0.717, 1.165) is 28.3 Å². The molecule has 2 atom stereocenters. The maximum Gasteiger partial charge on any atom is 0.226 e. The molecule has 0 aliphatic carbocycles. The predicted molar refractivity (Wildman–Crippen MR) is 159 cm³/mol. The second kappa shape index (κ2) is 11.5. The van der Waals surface area contributed by atoms with Gasteiger partial charge in [-0.25, -0.2) is 0 Å². The van der Waals surface area contributed by atoms with E-state index in [-0.39, 0.29) is 24.4 Å². The number of rotatable bonds is 8. The van der Waals surface area contributed by atoms with E-state index in [0.29, 0.717) is 28.1 Å². The molecule has 0 bridgehead atoms. The summed E-state index contributed by atoms with van der Waals surface area (Å²) in [4.78, 5) is 19.7. The van der Waals surface area contributed by atoms with Crippen LogP contribution < -0.4 is 15.4 Å². The van der Waals surface area contributed by atoms with Gasteiger partial charge in [0.25, 0.3) is 0 Å². The van der Waals surface area contributed by atoms with E-state index < -0.39 is 0 Å². The summed E-state index contributed by atoms with van der Waals surface area (Å²) in [6, 6.07) is 22.9. The number of nitrogens with zero attached hydrogens (tertiary/aromatic N) is 3. The number of ether oxygens (including phenoxy) is 1. The van der Waals surface area contributed by atoms with E-state index >= 15 is 0 Å². The summed E-state index contributed by atoms with van der Waals surface area (Å²) in [5.74, 6) is 0.501. The number of thiocarbonyl (C=S) groups is 1. The fourth-order valence-electron chi connectivity index (χ4n) is 5.24. The molecule has 1 aliphatic heterocycles. The molecule has 1 saturated heterocycles. The van der Waals surface area contributed by atoms with Gasteiger partial charge in [0.15, 0.2) is 5.11 Å². The van der Waals surface area contributed by atoms with E-state index in [1.165, 1.54) is 0 Å². The Kier molecular flexibility index (Phi) is 7.86. The summed E-state index contributed by atoms with van der Waals surface area (Å²) < 4.78 is 7.59. The Morgan fingerprint density at radius 3 is 2.56 bits per heavy atom. The van der Waals surface area contributed by atoms with Gasteiger partial charge in [-0.3, -0.25) is 9.78 Å². The molecule has 3 heterocycles. The first-order chi connectivity index (χ1) is 18.9. The van der Waals surface area contributed by atoms with E-state index in [1.54, 1.807) is 13.3 Å². The minimum absolute atomic E-state index is 0.117. The molecule has 9 heteroatoms. The van der Waals surface area contributed by atoms with Gasteiger partial charge in [0, 0.05) is 41.3 Å². The Balaban J connectivity index is 1.46. The number of para-hydroxylation sites is 2. The zero-order chi connectivity index (χ0) is 27.5. The van der Waals surface area contributed by atoms with Crippen LogP contribution in [-0.4, -0.2) is 39.1 Å². The third-order valence-electron chi connectivity index (χ3n) is 7.03. The van der Waals surface area contributed by atoms with Gasteiger partial charge in [-0.2, -0.15) is 0 Å². The fourth-order valence-corrected chi connectivity index (χ4v) is 5.70. The van der Waals surface area contributed by atoms with Crippen molar-refractivity contribution >= 4 is 40.5 Å². The molecule has 2 aromatic heterocycles. The third kappa shape index (κ3) is 5.48. The highest BCUT2D eigenvalue weighted by molar-refractivity contribution is 7.80. The van der Waals surface area contributed by atoms with Gasteiger partial charge < -0.3 is 24.8 Å². The summed E-state index contributed by atoms with van der Waals surface area (Å²) >= 11 is 12.0. The number of aromatic nitrogens is 2. The number of benzene rings is 2. The molecule has 0 spiro atoms. The van der Waals surface area contributed by atoms with Gasteiger partial charge in [0.2, 0.25) is 5.91 Å². The number of carbonyl (C=O) groups excluding carboxylic acids is 1. The first-order valence-corrected chi connectivity index (χ1v) is 13.5. The van der Waals surface area contributed by atoms with E-state index in [2.05, 4.69) is 45.0 Å². The number of carbonyl (C=O) groups is 1. The summed E-state index contributed by atoms with van der Waals surface area (Å²) in [6.45, 7) is 4.64. The lowest BCUT2D eigenvalue weighted by Gasteiger charge is -2.28. The molecule has 2 aromatic carbocycles. The quantitative estimate of drug-likeness (QED) is 0.252. The molecule has 39 heavy (non-hydrogen) atoms. The number of methoxy groups -OCH3 is 1. The van der Waals surface area contributed by atoms with Crippen molar-refractivity contribution in [1.82, 2.24) is 19.8 Å². The average molecular weight is 560 g/mol. The molecule has 0 unspecified atom stereocenters. The zero-order valence-electron chi connectivity index (χ0n) is 22.0. The Morgan fingerprint density at radius 1 is 1.10 bits per heavy atom. The maximum absolute atomic E-state index is 13.0. The van der Waals surface area contributed by atoms with Crippen LogP contribution in [0.25, 0.3) is 5.69 Å². The average Bonchev–Trinajstić information content (AvgIpc) is 3.43. The van der Waals surface area contributed by atoms with Gasteiger partial charge >= 0.3 is 0 Å². The van der Waals surface area contributed by atoms with Gasteiger partial charge in [-0.1, -0.05) is 29.8 Å². The molecule has 1 fully saturated rings. The summed E-state index contributed by atoms with van der Waals surface area (Å²) in [5, 5.41) is 7.74. The topological polar surface area (TPSA) is 71.4 Å². The van der Waals surface area contributed by atoms with E-state index in [1.807, 2.05) is 66.7 Å². The van der Waals surface area contributed by atoms with Crippen molar-refractivity contribution in [1.29, 1.82) is 0 Å². The summed E-state index contributed by atoms with van der Waals surface area (Å²) in [6.07, 6.45) is 2.04. The minimum atomic E-state index is -0.171. The van der Waals surface area contributed by atoms with Crippen LogP contribution in [0.1, 0.15) is 41.1 Å². The monoisotopic (exact) mass is 559 g/mol.